The molecule has 0 radical (unpaired) electrons. The smallest absolute Gasteiger partial charge is 0.138 e. The predicted octanol–water partition coefficient (Wildman–Crippen LogP) is 3.52. The molecule has 4 heteroatoms. The van der Waals surface area contributed by atoms with Gasteiger partial charge in [-0.15, -0.1) is 11.6 Å². The highest BCUT2D eigenvalue weighted by atomic mass is 35.5. The summed E-state index contributed by atoms with van der Waals surface area (Å²) >= 11 is 6.24. The van der Waals surface area contributed by atoms with Gasteiger partial charge < -0.3 is 0 Å². The van der Waals surface area contributed by atoms with E-state index in [1.807, 2.05) is 4.68 Å². The fourth-order valence-corrected chi connectivity index (χ4v) is 1.92. The van der Waals surface area contributed by atoms with Gasteiger partial charge in [0.2, 0.25) is 0 Å². The molecule has 3 nitrogen and oxygen atoms in total. The highest BCUT2D eigenvalue weighted by Crippen LogP contribution is 2.16. The standard InChI is InChI=1S/C13H24ClN3/c1-10(2)8-17-13(15-9-16-17)7-5-6-12(14)11(3)4/h9-12H,5-8H2,1-4H3. The molecule has 0 aliphatic rings. The van der Waals surface area contributed by atoms with Crippen molar-refractivity contribution in [1.29, 1.82) is 0 Å². The van der Waals surface area contributed by atoms with E-state index in [-0.39, 0.29) is 5.38 Å². The summed E-state index contributed by atoms with van der Waals surface area (Å²) in [7, 11) is 0. The third-order valence-corrected chi connectivity index (χ3v) is 3.56. The van der Waals surface area contributed by atoms with Crippen LogP contribution in [0.1, 0.15) is 46.4 Å². The second kappa shape index (κ2) is 7.00. The number of halogens is 1. The van der Waals surface area contributed by atoms with Crippen LogP contribution in [0.25, 0.3) is 0 Å². The molecule has 0 spiro atoms. The second-order valence-corrected chi connectivity index (χ2v) is 5.97. The first-order chi connectivity index (χ1) is 8.00. The van der Waals surface area contributed by atoms with Crippen molar-refractivity contribution in [2.45, 2.75) is 58.9 Å². The van der Waals surface area contributed by atoms with E-state index >= 15 is 0 Å². The fourth-order valence-electron chi connectivity index (χ4n) is 1.77. The molecule has 0 aliphatic heterocycles. The van der Waals surface area contributed by atoms with Crippen molar-refractivity contribution < 1.29 is 0 Å². The SMILES string of the molecule is CC(C)Cn1ncnc1CCCC(Cl)C(C)C. The predicted molar refractivity (Wildman–Crippen MR) is 72.3 cm³/mol. The number of hydrogen-bond donors (Lipinski definition) is 0. The van der Waals surface area contributed by atoms with E-state index in [1.54, 1.807) is 6.33 Å². The fraction of sp³-hybridized carbons (Fsp3) is 0.846. The minimum absolute atomic E-state index is 0.275. The van der Waals surface area contributed by atoms with E-state index in [0.717, 1.165) is 31.6 Å². The molecule has 0 bridgehead atoms. The molecule has 1 aromatic heterocycles. The van der Waals surface area contributed by atoms with E-state index < -0.39 is 0 Å². The van der Waals surface area contributed by atoms with Crippen LogP contribution in [-0.4, -0.2) is 20.1 Å². The zero-order valence-corrected chi connectivity index (χ0v) is 12.1. The third kappa shape index (κ3) is 5.07. The molecule has 1 unspecified atom stereocenters. The lowest BCUT2D eigenvalue weighted by Gasteiger charge is -2.13. The summed E-state index contributed by atoms with van der Waals surface area (Å²) in [5.74, 6) is 2.24. The Labute approximate surface area is 110 Å². The van der Waals surface area contributed by atoms with E-state index in [1.165, 1.54) is 0 Å². The molecule has 1 heterocycles. The molecule has 1 rings (SSSR count). The van der Waals surface area contributed by atoms with Crippen LogP contribution in [0.2, 0.25) is 0 Å². The summed E-state index contributed by atoms with van der Waals surface area (Å²) in [5, 5.41) is 4.54. The Bertz CT molecular complexity index is 320. The van der Waals surface area contributed by atoms with Crippen molar-refractivity contribution in [3.05, 3.63) is 12.2 Å². The molecule has 0 fully saturated rings. The minimum Gasteiger partial charge on any atom is -0.250 e. The Morgan fingerprint density at radius 2 is 2.00 bits per heavy atom. The molecule has 0 N–H and O–H groups in total. The van der Waals surface area contributed by atoms with Crippen LogP contribution in [0.15, 0.2) is 6.33 Å². The van der Waals surface area contributed by atoms with Crippen molar-refractivity contribution in [2.24, 2.45) is 11.8 Å². The Kier molecular flexibility index (Phi) is 5.96. The highest BCUT2D eigenvalue weighted by molar-refractivity contribution is 6.20. The van der Waals surface area contributed by atoms with Crippen LogP contribution in [0.5, 0.6) is 0 Å². The van der Waals surface area contributed by atoms with Crippen molar-refractivity contribution in [2.75, 3.05) is 0 Å². The maximum atomic E-state index is 6.24. The quantitative estimate of drug-likeness (QED) is 0.700. The largest absolute Gasteiger partial charge is 0.250 e. The van der Waals surface area contributed by atoms with Crippen molar-refractivity contribution >= 4 is 11.6 Å². The zero-order valence-electron chi connectivity index (χ0n) is 11.4. The Morgan fingerprint density at radius 1 is 1.29 bits per heavy atom. The van der Waals surface area contributed by atoms with Crippen LogP contribution >= 0.6 is 11.6 Å². The van der Waals surface area contributed by atoms with E-state index in [0.29, 0.717) is 11.8 Å². The van der Waals surface area contributed by atoms with Gasteiger partial charge in [-0.05, 0) is 24.7 Å². The second-order valence-electron chi connectivity index (χ2n) is 5.40. The van der Waals surface area contributed by atoms with Gasteiger partial charge in [-0.3, -0.25) is 0 Å². The molecule has 0 aliphatic carbocycles. The Balaban J connectivity index is 2.39. The van der Waals surface area contributed by atoms with Gasteiger partial charge in [0.25, 0.3) is 0 Å². The number of alkyl halides is 1. The first-order valence-electron chi connectivity index (χ1n) is 6.51. The summed E-state index contributed by atoms with van der Waals surface area (Å²) in [6.45, 7) is 9.67. The van der Waals surface area contributed by atoms with Gasteiger partial charge in [0.05, 0.1) is 0 Å². The molecule has 0 saturated carbocycles. The van der Waals surface area contributed by atoms with Gasteiger partial charge in [0, 0.05) is 18.3 Å². The van der Waals surface area contributed by atoms with Crippen molar-refractivity contribution in [3.8, 4) is 0 Å². The number of aromatic nitrogens is 3. The molecule has 98 valence electrons. The van der Waals surface area contributed by atoms with Gasteiger partial charge in [-0.1, -0.05) is 27.7 Å². The van der Waals surface area contributed by atoms with Crippen LogP contribution in [0.4, 0.5) is 0 Å². The maximum absolute atomic E-state index is 6.24. The lowest BCUT2D eigenvalue weighted by Crippen LogP contribution is -2.12. The van der Waals surface area contributed by atoms with E-state index in [4.69, 9.17) is 11.6 Å². The molecule has 0 aromatic carbocycles. The lowest BCUT2D eigenvalue weighted by atomic mass is 10.0. The van der Waals surface area contributed by atoms with Crippen LogP contribution in [0, 0.1) is 11.8 Å². The molecule has 1 atom stereocenters. The van der Waals surface area contributed by atoms with E-state index in [9.17, 15) is 0 Å². The van der Waals surface area contributed by atoms with Gasteiger partial charge in [-0.25, -0.2) is 9.67 Å². The number of aryl methyl sites for hydroxylation is 1. The first kappa shape index (κ1) is 14.5. The van der Waals surface area contributed by atoms with Crippen molar-refractivity contribution in [1.82, 2.24) is 14.8 Å². The molecular weight excluding hydrogens is 234 g/mol. The van der Waals surface area contributed by atoms with Crippen LogP contribution in [-0.2, 0) is 13.0 Å². The summed E-state index contributed by atoms with van der Waals surface area (Å²) < 4.78 is 2.02. The van der Waals surface area contributed by atoms with Gasteiger partial charge in [-0.2, -0.15) is 5.10 Å². The molecule has 1 aromatic rings. The number of rotatable bonds is 7. The summed E-state index contributed by atoms with van der Waals surface area (Å²) in [5.41, 5.74) is 0. The average Bonchev–Trinajstić information content (AvgIpc) is 2.64. The van der Waals surface area contributed by atoms with Gasteiger partial charge in [0.15, 0.2) is 0 Å². The Hall–Kier alpha value is -0.570. The Morgan fingerprint density at radius 3 is 2.59 bits per heavy atom. The van der Waals surface area contributed by atoms with Crippen molar-refractivity contribution in [3.63, 3.8) is 0 Å². The van der Waals surface area contributed by atoms with Gasteiger partial charge in [0.1, 0.15) is 12.2 Å². The lowest BCUT2D eigenvalue weighted by molar-refractivity contribution is 0.459. The maximum Gasteiger partial charge on any atom is 0.138 e. The van der Waals surface area contributed by atoms with Crippen LogP contribution in [0.3, 0.4) is 0 Å². The normalized spacial score (nSPS) is 13.6. The first-order valence-corrected chi connectivity index (χ1v) is 6.95. The monoisotopic (exact) mass is 257 g/mol. The van der Waals surface area contributed by atoms with E-state index in [2.05, 4.69) is 37.8 Å². The topological polar surface area (TPSA) is 30.7 Å². The average molecular weight is 258 g/mol. The third-order valence-electron chi connectivity index (χ3n) is 2.84. The molecule has 17 heavy (non-hydrogen) atoms. The number of nitrogens with zero attached hydrogens (tertiary/aromatic N) is 3. The van der Waals surface area contributed by atoms with Gasteiger partial charge >= 0.3 is 0 Å². The number of hydrogen-bond acceptors (Lipinski definition) is 2. The minimum atomic E-state index is 0.275. The highest BCUT2D eigenvalue weighted by Gasteiger charge is 2.11. The molecule has 0 saturated heterocycles. The molecule has 0 amide bonds. The van der Waals surface area contributed by atoms with Crippen LogP contribution < -0.4 is 0 Å². The zero-order chi connectivity index (χ0) is 12.8. The molecular formula is C13H24ClN3. The summed E-state index contributed by atoms with van der Waals surface area (Å²) in [6.07, 6.45) is 4.76. The summed E-state index contributed by atoms with van der Waals surface area (Å²) in [6, 6.07) is 0. The summed E-state index contributed by atoms with van der Waals surface area (Å²) in [4.78, 5) is 4.32.